The number of aromatic nitrogens is 2. The Labute approximate surface area is 193 Å². The monoisotopic (exact) mass is 462 g/mol. The Bertz CT molecular complexity index is 1470. The fourth-order valence-electron chi connectivity index (χ4n) is 4.56. The fraction of sp³-hybridized carbons (Fsp3) is 0.280. The number of para-hydroxylation sites is 2. The van der Waals surface area contributed by atoms with Crippen LogP contribution < -0.4 is 0 Å². The molecule has 0 radical (unpaired) electrons. The highest BCUT2D eigenvalue weighted by molar-refractivity contribution is 7.89. The molecule has 170 valence electrons. The lowest BCUT2D eigenvalue weighted by Gasteiger charge is -2.34. The predicted molar refractivity (Wildman–Crippen MR) is 128 cm³/mol. The number of piperazine rings is 1. The molecule has 0 N–H and O–H groups in total. The van der Waals surface area contributed by atoms with Gasteiger partial charge in [-0.05, 0) is 49.1 Å². The summed E-state index contributed by atoms with van der Waals surface area (Å²) in [6.45, 7) is 5.45. The van der Waals surface area contributed by atoms with E-state index in [4.69, 9.17) is 0 Å². The van der Waals surface area contributed by atoms with Crippen LogP contribution in [0.25, 0.3) is 21.8 Å². The van der Waals surface area contributed by atoms with Crippen molar-refractivity contribution in [3.8, 4) is 0 Å². The van der Waals surface area contributed by atoms with Crippen molar-refractivity contribution in [1.82, 2.24) is 18.8 Å². The summed E-state index contributed by atoms with van der Waals surface area (Å²) in [5, 5.41) is 1.91. The maximum Gasteiger partial charge on any atom is 0.245 e. The molecule has 1 amide bonds. The van der Waals surface area contributed by atoms with Crippen molar-refractivity contribution in [1.29, 1.82) is 0 Å². The number of pyridine rings is 1. The van der Waals surface area contributed by atoms with E-state index in [9.17, 15) is 13.2 Å². The molecule has 5 rings (SSSR count). The Morgan fingerprint density at radius 3 is 2.45 bits per heavy atom. The Kier molecular flexibility index (Phi) is 5.42. The number of sulfonamides is 1. The zero-order valence-electron chi connectivity index (χ0n) is 18.7. The molecule has 7 nitrogen and oxygen atoms in total. The van der Waals surface area contributed by atoms with Gasteiger partial charge >= 0.3 is 0 Å². The van der Waals surface area contributed by atoms with Gasteiger partial charge in [-0.3, -0.25) is 9.78 Å². The Morgan fingerprint density at radius 1 is 0.939 bits per heavy atom. The smallest absolute Gasteiger partial charge is 0.245 e. The molecule has 0 aliphatic carbocycles. The highest BCUT2D eigenvalue weighted by atomic mass is 32.2. The third kappa shape index (κ3) is 3.89. The molecule has 0 spiro atoms. The Hall–Kier alpha value is -3.23. The zero-order valence-corrected chi connectivity index (χ0v) is 19.5. The van der Waals surface area contributed by atoms with Crippen LogP contribution in [0.2, 0.25) is 0 Å². The van der Waals surface area contributed by atoms with Crippen molar-refractivity contribution in [2.75, 3.05) is 26.2 Å². The van der Waals surface area contributed by atoms with Gasteiger partial charge in [0.05, 0.1) is 5.52 Å². The second-order valence-electron chi connectivity index (χ2n) is 8.56. The zero-order chi connectivity index (χ0) is 23.2. The molecule has 0 atom stereocenters. The van der Waals surface area contributed by atoms with Crippen LogP contribution >= 0.6 is 0 Å². The molecule has 0 bridgehead atoms. The predicted octanol–water partition coefficient (Wildman–Crippen LogP) is 3.34. The number of hydrogen-bond donors (Lipinski definition) is 0. The number of rotatable bonds is 4. The van der Waals surface area contributed by atoms with Crippen molar-refractivity contribution in [2.45, 2.75) is 25.3 Å². The number of fused-ring (bicyclic) bond motifs is 2. The molecule has 0 saturated carbocycles. The van der Waals surface area contributed by atoms with Crippen LogP contribution in [-0.4, -0.2) is 59.3 Å². The Balaban J connectivity index is 1.32. The van der Waals surface area contributed by atoms with Crippen molar-refractivity contribution >= 4 is 37.7 Å². The summed E-state index contributed by atoms with van der Waals surface area (Å²) in [7, 11) is -3.71. The van der Waals surface area contributed by atoms with Crippen LogP contribution in [0.5, 0.6) is 0 Å². The number of nitrogens with zero attached hydrogens (tertiary/aromatic N) is 4. The van der Waals surface area contributed by atoms with E-state index < -0.39 is 10.0 Å². The van der Waals surface area contributed by atoms with Crippen LogP contribution in [0.4, 0.5) is 0 Å². The van der Waals surface area contributed by atoms with Crippen LogP contribution in [-0.2, 0) is 21.4 Å². The van der Waals surface area contributed by atoms with Crippen LogP contribution in [0.3, 0.4) is 0 Å². The van der Waals surface area contributed by atoms with E-state index in [-0.39, 0.29) is 30.4 Å². The highest BCUT2D eigenvalue weighted by Crippen LogP contribution is 2.26. The van der Waals surface area contributed by atoms with Gasteiger partial charge in [0.2, 0.25) is 15.9 Å². The van der Waals surface area contributed by atoms with E-state index in [1.54, 1.807) is 23.2 Å². The number of aryl methyl sites for hydroxylation is 2. The first-order valence-electron chi connectivity index (χ1n) is 11.0. The van der Waals surface area contributed by atoms with E-state index in [1.807, 2.05) is 54.8 Å². The summed E-state index contributed by atoms with van der Waals surface area (Å²) in [5.74, 6) is -0.00111. The summed E-state index contributed by atoms with van der Waals surface area (Å²) in [6, 6.07) is 17.2. The number of hydrogen-bond acceptors (Lipinski definition) is 4. The van der Waals surface area contributed by atoms with Gasteiger partial charge in [0.25, 0.3) is 0 Å². The largest absolute Gasteiger partial charge is 0.339 e. The summed E-state index contributed by atoms with van der Waals surface area (Å²) in [4.78, 5) is 19.4. The van der Waals surface area contributed by atoms with Crippen molar-refractivity contribution in [2.24, 2.45) is 0 Å². The third-order valence-corrected chi connectivity index (χ3v) is 8.26. The highest BCUT2D eigenvalue weighted by Gasteiger charge is 2.31. The molecule has 1 aliphatic heterocycles. The normalized spacial score (nSPS) is 15.4. The third-order valence-electron chi connectivity index (χ3n) is 6.33. The van der Waals surface area contributed by atoms with Crippen LogP contribution in [0, 0.1) is 13.8 Å². The van der Waals surface area contributed by atoms with Gasteiger partial charge in [-0.25, -0.2) is 8.42 Å². The van der Waals surface area contributed by atoms with E-state index >= 15 is 0 Å². The molecular weight excluding hydrogens is 436 g/mol. The minimum atomic E-state index is -3.71. The average Bonchev–Trinajstić information content (AvgIpc) is 3.13. The van der Waals surface area contributed by atoms with Gasteiger partial charge in [-0.2, -0.15) is 4.31 Å². The second kappa shape index (κ2) is 8.28. The molecule has 4 aromatic rings. The van der Waals surface area contributed by atoms with Gasteiger partial charge in [-0.1, -0.05) is 30.3 Å². The van der Waals surface area contributed by atoms with Crippen LogP contribution in [0.1, 0.15) is 11.3 Å². The molecule has 0 unspecified atom stereocenters. The molecule has 3 heterocycles. The maximum absolute atomic E-state index is 13.4. The first-order chi connectivity index (χ1) is 15.8. The number of amides is 1. The van der Waals surface area contributed by atoms with E-state index in [0.717, 1.165) is 27.5 Å². The van der Waals surface area contributed by atoms with Crippen molar-refractivity contribution in [3.05, 3.63) is 72.1 Å². The van der Waals surface area contributed by atoms with Gasteiger partial charge in [0.1, 0.15) is 11.4 Å². The standard InChI is InChI=1S/C25H26N4O3S/c1-18-14-21-7-5-9-23(25(21)26-16-18)33(31,32)28-12-10-27(11-13-28)24(30)17-29-19(2)15-20-6-3-4-8-22(20)29/h3-9,14-16H,10-13,17H2,1-2H3. The molecule has 2 aromatic carbocycles. The Morgan fingerprint density at radius 2 is 1.67 bits per heavy atom. The van der Waals surface area contributed by atoms with Gasteiger partial charge in [0, 0.05) is 49.0 Å². The van der Waals surface area contributed by atoms with Crippen molar-refractivity contribution in [3.63, 3.8) is 0 Å². The minimum absolute atomic E-state index is 0.00111. The molecule has 8 heteroatoms. The quantitative estimate of drug-likeness (QED) is 0.466. The second-order valence-corrected chi connectivity index (χ2v) is 10.5. The first-order valence-corrected chi connectivity index (χ1v) is 12.5. The van der Waals surface area contributed by atoms with E-state index in [1.165, 1.54) is 4.31 Å². The molecule has 1 saturated heterocycles. The maximum atomic E-state index is 13.4. The fourth-order valence-corrected chi connectivity index (χ4v) is 6.15. The summed E-state index contributed by atoms with van der Waals surface area (Å²) in [5.41, 5.74) is 3.53. The molecule has 1 fully saturated rings. The first kappa shape index (κ1) is 21.6. The lowest BCUT2D eigenvalue weighted by Crippen LogP contribution is -2.51. The summed E-state index contributed by atoms with van der Waals surface area (Å²) >= 11 is 0. The number of carbonyl (C=O) groups is 1. The van der Waals surface area contributed by atoms with Gasteiger partial charge in [0.15, 0.2) is 0 Å². The van der Waals surface area contributed by atoms with Crippen LogP contribution in [0.15, 0.2) is 65.7 Å². The van der Waals surface area contributed by atoms with E-state index in [2.05, 4.69) is 11.1 Å². The van der Waals surface area contributed by atoms with Gasteiger partial charge < -0.3 is 9.47 Å². The summed E-state index contributed by atoms with van der Waals surface area (Å²) in [6.07, 6.45) is 1.69. The minimum Gasteiger partial charge on any atom is -0.339 e. The molecule has 33 heavy (non-hydrogen) atoms. The molecule has 1 aliphatic rings. The lowest BCUT2D eigenvalue weighted by molar-refractivity contribution is -0.132. The summed E-state index contributed by atoms with van der Waals surface area (Å²) < 4.78 is 30.3. The topological polar surface area (TPSA) is 75.5 Å². The molecular formula is C25H26N4O3S. The lowest BCUT2D eigenvalue weighted by atomic mass is 10.2. The number of benzene rings is 2. The van der Waals surface area contributed by atoms with Gasteiger partial charge in [-0.15, -0.1) is 0 Å². The molecule has 2 aromatic heterocycles. The van der Waals surface area contributed by atoms with E-state index in [0.29, 0.717) is 18.6 Å². The number of carbonyl (C=O) groups excluding carboxylic acids is 1. The van der Waals surface area contributed by atoms with Crippen molar-refractivity contribution < 1.29 is 13.2 Å². The SMILES string of the molecule is Cc1cnc2c(S(=O)(=O)N3CCN(C(=O)Cn4c(C)cc5ccccc54)CC3)cccc2c1. The average molecular weight is 463 g/mol.